The van der Waals surface area contributed by atoms with Gasteiger partial charge in [0, 0.05) is 13.2 Å². The van der Waals surface area contributed by atoms with Crippen LogP contribution in [0.25, 0.3) is 0 Å². The van der Waals surface area contributed by atoms with Crippen LogP contribution in [0.4, 0.5) is 5.69 Å². The van der Waals surface area contributed by atoms with E-state index in [-0.39, 0.29) is 13.2 Å². The zero-order chi connectivity index (χ0) is 14.4. The summed E-state index contributed by atoms with van der Waals surface area (Å²) in [5.74, 6) is -0.818. The highest BCUT2D eigenvalue weighted by Gasteiger charge is 2.18. The van der Waals surface area contributed by atoms with E-state index >= 15 is 0 Å². The lowest BCUT2D eigenvalue weighted by Crippen LogP contribution is -2.42. The number of aliphatic hydroxyl groups is 1. The fourth-order valence-electron chi connectivity index (χ4n) is 1.35. The fraction of sp³-hybridized carbons (Fsp3) is 0.400. The number of hydrogen-bond donors (Lipinski definition) is 3. The Morgan fingerprint density at radius 3 is 2.89 bits per heavy atom. The van der Waals surface area contributed by atoms with Crippen molar-refractivity contribution in [2.45, 2.75) is 6.04 Å². The number of aliphatic hydroxyl groups excluding tert-OH is 1. The molecular formula is C10H13N3O6. The Bertz CT molecular complexity index is 526. The number of nitro groups is 1. The Hall–Kier alpha value is -2.26. The average Bonchev–Trinajstić information content (AvgIpc) is 2.38. The molecule has 0 fully saturated rings. The molecule has 104 valence electrons. The highest BCUT2D eigenvalue weighted by atomic mass is 16.6. The Labute approximate surface area is 107 Å². The van der Waals surface area contributed by atoms with Gasteiger partial charge in [-0.15, -0.1) is 0 Å². The molecule has 0 aliphatic rings. The molecule has 0 saturated heterocycles. The summed E-state index contributed by atoms with van der Waals surface area (Å²) in [7, 11) is 1.38. The summed E-state index contributed by atoms with van der Waals surface area (Å²) in [5, 5.41) is 21.9. The summed E-state index contributed by atoms with van der Waals surface area (Å²) in [6.07, 6.45) is 0.901. The number of pyridine rings is 1. The molecule has 0 aliphatic carbocycles. The van der Waals surface area contributed by atoms with Gasteiger partial charge in [-0.2, -0.15) is 0 Å². The van der Waals surface area contributed by atoms with Crippen molar-refractivity contribution in [1.82, 2.24) is 10.3 Å². The number of methoxy groups -OCH3 is 1. The topological polar surface area (TPSA) is 135 Å². The highest BCUT2D eigenvalue weighted by Crippen LogP contribution is 2.08. The van der Waals surface area contributed by atoms with E-state index in [0.29, 0.717) is 0 Å². The zero-order valence-corrected chi connectivity index (χ0v) is 10.1. The summed E-state index contributed by atoms with van der Waals surface area (Å²) in [6, 6.07) is 0.172. The summed E-state index contributed by atoms with van der Waals surface area (Å²) < 4.78 is 4.75. The summed E-state index contributed by atoms with van der Waals surface area (Å²) in [6.45, 7) is -0.332. The van der Waals surface area contributed by atoms with Gasteiger partial charge in [0.1, 0.15) is 5.56 Å². The molecule has 0 saturated carbocycles. The van der Waals surface area contributed by atoms with Crippen molar-refractivity contribution in [2.24, 2.45) is 0 Å². The lowest BCUT2D eigenvalue weighted by molar-refractivity contribution is -0.385. The maximum Gasteiger partial charge on any atom is 0.286 e. The normalized spacial score (nSPS) is 11.9. The SMILES string of the molecule is COCC(CO)NC(=O)c1cc([N+](=O)[O-])c[nH]c1=O. The molecule has 0 spiro atoms. The predicted molar refractivity (Wildman–Crippen MR) is 63.9 cm³/mol. The van der Waals surface area contributed by atoms with Crippen molar-refractivity contribution >= 4 is 11.6 Å². The maximum atomic E-state index is 11.8. The number of amides is 1. The fourth-order valence-corrected chi connectivity index (χ4v) is 1.35. The minimum Gasteiger partial charge on any atom is -0.394 e. The van der Waals surface area contributed by atoms with E-state index in [9.17, 15) is 19.7 Å². The van der Waals surface area contributed by atoms with Crippen LogP contribution >= 0.6 is 0 Å². The van der Waals surface area contributed by atoms with Crippen LogP contribution < -0.4 is 10.9 Å². The molecule has 1 rings (SSSR count). The maximum absolute atomic E-state index is 11.8. The molecule has 3 N–H and O–H groups in total. The van der Waals surface area contributed by atoms with Gasteiger partial charge < -0.3 is 20.1 Å². The van der Waals surface area contributed by atoms with Crippen molar-refractivity contribution in [2.75, 3.05) is 20.3 Å². The molecule has 0 bridgehead atoms. The van der Waals surface area contributed by atoms with E-state index in [4.69, 9.17) is 9.84 Å². The number of hydrogen-bond acceptors (Lipinski definition) is 6. The van der Waals surface area contributed by atoms with Gasteiger partial charge in [-0.1, -0.05) is 0 Å². The minimum atomic E-state index is -0.818. The first-order valence-electron chi connectivity index (χ1n) is 5.27. The Kier molecular flexibility index (Phi) is 5.15. The van der Waals surface area contributed by atoms with Crippen molar-refractivity contribution in [1.29, 1.82) is 0 Å². The number of nitrogens with one attached hydrogen (secondary N) is 2. The molecule has 1 atom stereocenters. The summed E-state index contributed by atoms with van der Waals surface area (Å²) >= 11 is 0. The van der Waals surface area contributed by atoms with E-state index in [1.807, 2.05) is 0 Å². The molecule has 19 heavy (non-hydrogen) atoms. The molecule has 0 aliphatic heterocycles. The number of rotatable bonds is 6. The Morgan fingerprint density at radius 2 is 2.37 bits per heavy atom. The van der Waals surface area contributed by atoms with Crippen molar-refractivity contribution in [3.05, 3.63) is 38.3 Å². The van der Waals surface area contributed by atoms with Crippen LogP contribution in [0, 0.1) is 10.1 Å². The van der Waals surface area contributed by atoms with Gasteiger partial charge in [-0.05, 0) is 0 Å². The first-order chi connectivity index (χ1) is 8.99. The molecule has 0 radical (unpaired) electrons. The molecule has 9 nitrogen and oxygen atoms in total. The van der Waals surface area contributed by atoms with Crippen LogP contribution in [0.1, 0.15) is 10.4 Å². The summed E-state index contributed by atoms with van der Waals surface area (Å²) in [5.41, 5.74) is -1.56. The molecule has 1 aromatic rings. The van der Waals surface area contributed by atoms with E-state index in [1.165, 1.54) is 7.11 Å². The number of aromatic nitrogens is 1. The quantitative estimate of drug-likeness (QED) is 0.449. The van der Waals surface area contributed by atoms with Crippen LogP contribution in [0.2, 0.25) is 0 Å². The Morgan fingerprint density at radius 1 is 1.68 bits per heavy atom. The second-order valence-corrected chi connectivity index (χ2v) is 3.67. The number of carbonyl (C=O) groups is 1. The predicted octanol–water partition coefficient (Wildman–Crippen LogP) is -0.980. The zero-order valence-electron chi connectivity index (χ0n) is 10.1. The standard InChI is InChI=1S/C10H13N3O6/c1-19-5-6(4-14)12-10(16)8-2-7(13(17)18)3-11-9(8)15/h2-3,6,14H,4-5H2,1H3,(H,11,15)(H,12,16). The molecule has 1 heterocycles. The smallest absolute Gasteiger partial charge is 0.286 e. The van der Waals surface area contributed by atoms with E-state index in [2.05, 4.69) is 10.3 Å². The molecule has 1 unspecified atom stereocenters. The Balaban J connectivity index is 2.95. The second-order valence-electron chi connectivity index (χ2n) is 3.67. The first kappa shape index (κ1) is 14.8. The van der Waals surface area contributed by atoms with E-state index in [0.717, 1.165) is 12.3 Å². The number of ether oxygens (including phenoxy) is 1. The third-order valence-corrected chi connectivity index (χ3v) is 2.27. The summed E-state index contributed by atoms with van der Waals surface area (Å²) in [4.78, 5) is 35.1. The van der Waals surface area contributed by atoms with Gasteiger partial charge >= 0.3 is 0 Å². The van der Waals surface area contributed by atoms with Gasteiger partial charge in [0.2, 0.25) is 0 Å². The van der Waals surface area contributed by atoms with Crippen molar-refractivity contribution in [3.8, 4) is 0 Å². The van der Waals surface area contributed by atoms with Crippen LogP contribution in [0.3, 0.4) is 0 Å². The molecule has 9 heteroatoms. The molecule has 0 aromatic carbocycles. The lowest BCUT2D eigenvalue weighted by Gasteiger charge is -2.14. The second kappa shape index (κ2) is 6.61. The van der Waals surface area contributed by atoms with Crippen LogP contribution in [-0.4, -0.2) is 47.3 Å². The molecular weight excluding hydrogens is 258 g/mol. The van der Waals surface area contributed by atoms with Crippen LogP contribution in [0.15, 0.2) is 17.1 Å². The van der Waals surface area contributed by atoms with Gasteiger partial charge in [0.05, 0.1) is 30.4 Å². The van der Waals surface area contributed by atoms with Gasteiger partial charge in [-0.3, -0.25) is 19.7 Å². The largest absolute Gasteiger partial charge is 0.394 e. The molecule has 1 amide bonds. The average molecular weight is 271 g/mol. The van der Waals surface area contributed by atoms with Gasteiger partial charge in [-0.25, -0.2) is 0 Å². The van der Waals surface area contributed by atoms with E-state index in [1.54, 1.807) is 0 Å². The third-order valence-electron chi connectivity index (χ3n) is 2.27. The first-order valence-corrected chi connectivity index (χ1v) is 5.27. The van der Waals surface area contributed by atoms with Crippen molar-refractivity contribution < 1.29 is 19.6 Å². The van der Waals surface area contributed by atoms with Gasteiger partial charge in [0.25, 0.3) is 17.2 Å². The monoisotopic (exact) mass is 271 g/mol. The van der Waals surface area contributed by atoms with Crippen LogP contribution in [-0.2, 0) is 4.74 Å². The number of carbonyl (C=O) groups excluding carboxylic acids is 1. The number of nitrogens with zero attached hydrogens (tertiary/aromatic N) is 1. The lowest BCUT2D eigenvalue weighted by atomic mass is 10.2. The number of aromatic amines is 1. The third kappa shape index (κ3) is 3.86. The minimum absolute atomic E-state index is 0.0507. The van der Waals surface area contributed by atoms with Crippen LogP contribution in [0.5, 0.6) is 0 Å². The number of H-pyrrole nitrogens is 1. The van der Waals surface area contributed by atoms with Gasteiger partial charge in [0.15, 0.2) is 0 Å². The van der Waals surface area contributed by atoms with Crippen molar-refractivity contribution in [3.63, 3.8) is 0 Å². The molecule has 1 aromatic heterocycles. The van der Waals surface area contributed by atoms with E-state index < -0.39 is 33.7 Å². The highest BCUT2D eigenvalue weighted by molar-refractivity contribution is 5.94.